The van der Waals surface area contributed by atoms with Crippen molar-refractivity contribution in [1.29, 1.82) is 0 Å². The molecule has 1 aliphatic rings. The Morgan fingerprint density at radius 3 is 1.95 bits per heavy atom. The Bertz CT molecular complexity index is 461. The molecule has 1 unspecified atom stereocenters. The molecule has 1 atom stereocenters. The molecular weight excluding hydrogens is 302 g/mol. The van der Waals surface area contributed by atoms with Crippen molar-refractivity contribution in [2.45, 2.75) is 45.1 Å². The fraction of sp³-hybridized carbons (Fsp3) is 0.750. The van der Waals surface area contributed by atoms with Gasteiger partial charge >= 0.3 is 12.4 Å². The second-order valence-electron chi connectivity index (χ2n) is 5.90. The third kappa shape index (κ3) is 2.75. The topological polar surface area (TPSA) is 58.6 Å². The number of allylic oxidation sites excluding steroid dienone is 2. The molecule has 3 N–H and O–H groups in total. The van der Waals surface area contributed by atoms with Crippen molar-refractivity contribution in [3.63, 3.8) is 0 Å². The maximum absolute atomic E-state index is 13.0. The lowest BCUT2D eigenvalue weighted by atomic mass is 9.61. The van der Waals surface area contributed by atoms with E-state index in [0.717, 1.165) is 6.08 Å². The first-order valence-corrected chi connectivity index (χ1v) is 5.99. The zero-order chi connectivity index (χ0) is 16.9. The molecule has 0 amide bonds. The van der Waals surface area contributed by atoms with Crippen molar-refractivity contribution in [2.75, 3.05) is 0 Å². The van der Waals surface area contributed by atoms with Gasteiger partial charge in [-0.2, -0.15) is 31.4 Å². The largest absolute Gasteiger partial charge is 0.426 e. The van der Waals surface area contributed by atoms with Gasteiger partial charge < -0.3 is 10.9 Å². The minimum absolute atomic E-state index is 0.0504. The van der Waals surface area contributed by atoms with Crippen molar-refractivity contribution >= 4 is 5.71 Å². The number of hydrogen-bond acceptors (Lipinski definition) is 3. The lowest BCUT2D eigenvalue weighted by Crippen LogP contribution is -2.67. The normalized spacial score (nSPS) is 25.9. The molecule has 0 aromatic carbocycles. The molecular formula is C12H16F6N2O. The Labute approximate surface area is 117 Å². The lowest BCUT2D eigenvalue weighted by Gasteiger charge is -2.48. The van der Waals surface area contributed by atoms with E-state index < -0.39 is 35.0 Å². The van der Waals surface area contributed by atoms with Crippen molar-refractivity contribution in [3.8, 4) is 0 Å². The van der Waals surface area contributed by atoms with Crippen LogP contribution in [0.5, 0.6) is 0 Å². The highest BCUT2D eigenvalue weighted by Crippen LogP contribution is 2.55. The van der Waals surface area contributed by atoms with Gasteiger partial charge in [0.1, 0.15) is 0 Å². The van der Waals surface area contributed by atoms with Gasteiger partial charge in [-0.1, -0.05) is 19.4 Å². The second-order valence-corrected chi connectivity index (χ2v) is 5.90. The summed E-state index contributed by atoms with van der Waals surface area (Å²) in [5, 5.41) is 12.7. The highest BCUT2D eigenvalue weighted by Gasteiger charge is 2.76. The lowest BCUT2D eigenvalue weighted by molar-refractivity contribution is -0.385. The summed E-state index contributed by atoms with van der Waals surface area (Å²) in [6, 6.07) is 0. The summed E-state index contributed by atoms with van der Waals surface area (Å²) in [5.41, 5.74) is -6.54. The van der Waals surface area contributed by atoms with Crippen molar-refractivity contribution in [3.05, 3.63) is 11.6 Å². The average Bonchev–Trinajstić information content (AvgIpc) is 2.22. The molecule has 0 radical (unpaired) electrons. The third-order valence-electron chi connectivity index (χ3n) is 3.64. The van der Waals surface area contributed by atoms with E-state index in [1.165, 1.54) is 13.8 Å². The molecule has 9 heteroatoms. The zero-order valence-electron chi connectivity index (χ0n) is 11.6. The van der Waals surface area contributed by atoms with Crippen LogP contribution in [-0.2, 0) is 0 Å². The maximum atomic E-state index is 13.0. The van der Waals surface area contributed by atoms with Gasteiger partial charge in [-0.15, -0.1) is 0 Å². The van der Waals surface area contributed by atoms with Gasteiger partial charge in [0.25, 0.3) is 5.60 Å². The van der Waals surface area contributed by atoms with Crippen molar-refractivity contribution < 1.29 is 31.4 Å². The number of hydrazone groups is 1. The van der Waals surface area contributed by atoms with Crippen molar-refractivity contribution in [1.82, 2.24) is 0 Å². The van der Waals surface area contributed by atoms with E-state index in [4.69, 9.17) is 5.84 Å². The number of aliphatic hydroxyl groups is 1. The van der Waals surface area contributed by atoms with Crippen LogP contribution in [0.3, 0.4) is 0 Å². The first-order valence-electron chi connectivity index (χ1n) is 5.99. The van der Waals surface area contributed by atoms with E-state index in [-0.39, 0.29) is 6.42 Å². The van der Waals surface area contributed by atoms with E-state index >= 15 is 0 Å². The quantitative estimate of drug-likeness (QED) is 0.443. The van der Waals surface area contributed by atoms with Crippen LogP contribution in [0.4, 0.5) is 26.3 Å². The van der Waals surface area contributed by atoms with Crippen LogP contribution in [0.1, 0.15) is 27.2 Å². The number of nitrogens with zero attached hydrogens (tertiary/aromatic N) is 1. The molecule has 21 heavy (non-hydrogen) atoms. The molecule has 122 valence electrons. The molecule has 0 bridgehead atoms. The molecule has 3 nitrogen and oxygen atoms in total. The SMILES string of the molecule is CC1=C/C(=N\N)C(C(O)(C(F)(F)F)C(F)(F)F)C(C)(C)C1. The highest BCUT2D eigenvalue weighted by atomic mass is 19.4. The zero-order valence-corrected chi connectivity index (χ0v) is 11.6. The molecule has 0 spiro atoms. The fourth-order valence-electron chi connectivity index (χ4n) is 2.99. The van der Waals surface area contributed by atoms with Crippen molar-refractivity contribution in [2.24, 2.45) is 22.3 Å². The van der Waals surface area contributed by atoms with Gasteiger partial charge in [0.15, 0.2) is 0 Å². The number of rotatable bonds is 1. The predicted molar refractivity (Wildman–Crippen MR) is 64.3 cm³/mol. The van der Waals surface area contributed by atoms with Gasteiger partial charge in [-0.25, -0.2) is 0 Å². The number of hydrogen-bond donors (Lipinski definition) is 2. The van der Waals surface area contributed by atoms with Gasteiger partial charge in [-0.3, -0.25) is 0 Å². The molecule has 1 rings (SSSR count). The summed E-state index contributed by atoms with van der Waals surface area (Å²) in [5.74, 6) is 2.61. The number of halogens is 6. The van der Waals surface area contributed by atoms with Gasteiger partial charge in [0, 0.05) is 0 Å². The molecule has 0 fully saturated rings. The molecule has 0 heterocycles. The van der Waals surface area contributed by atoms with E-state index in [9.17, 15) is 31.4 Å². The van der Waals surface area contributed by atoms with Gasteiger partial charge in [-0.05, 0) is 24.8 Å². The van der Waals surface area contributed by atoms with Crippen LogP contribution in [0.2, 0.25) is 0 Å². The number of nitrogens with two attached hydrogens (primary N) is 1. The molecule has 0 aromatic rings. The smallest absolute Gasteiger partial charge is 0.373 e. The Hall–Kier alpha value is -1.25. The first-order chi connectivity index (χ1) is 9.18. The van der Waals surface area contributed by atoms with Crippen LogP contribution in [0.25, 0.3) is 0 Å². The Kier molecular flexibility index (Phi) is 4.15. The second kappa shape index (κ2) is 4.89. The minimum atomic E-state index is -5.91. The Balaban J connectivity index is 3.64. The van der Waals surface area contributed by atoms with Gasteiger partial charge in [0.2, 0.25) is 0 Å². The molecule has 1 aliphatic carbocycles. The van der Waals surface area contributed by atoms with E-state index in [1.807, 2.05) is 0 Å². The summed E-state index contributed by atoms with van der Waals surface area (Å²) in [6.45, 7) is 3.97. The van der Waals surface area contributed by atoms with E-state index in [2.05, 4.69) is 5.10 Å². The van der Waals surface area contributed by atoms with E-state index in [1.54, 1.807) is 6.92 Å². The van der Waals surface area contributed by atoms with Crippen LogP contribution >= 0.6 is 0 Å². The third-order valence-corrected chi connectivity index (χ3v) is 3.64. The summed E-state index contributed by atoms with van der Waals surface area (Å²) in [4.78, 5) is 0. The summed E-state index contributed by atoms with van der Waals surface area (Å²) in [7, 11) is 0. The molecule has 0 aliphatic heterocycles. The highest BCUT2D eigenvalue weighted by molar-refractivity contribution is 5.99. The Morgan fingerprint density at radius 1 is 1.19 bits per heavy atom. The Morgan fingerprint density at radius 2 is 1.62 bits per heavy atom. The summed E-state index contributed by atoms with van der Waals surface area (Å²) >= 11 is 0. The number of alkyl halides is 6. The van der Waals surface area contributed by atoms with Crippen LogP contribution in [0, 0.1) is 11.3 Å². The molecule has 0 aromatic heterocycles. The summed E-state index contributed by atoms with van der Waals surface area (Å²) in [6.07, 6.45) is -10.8. The first kappa shape index (κ1) is 17.8. The summed E-state index contributed by atoms with van der Waals surface area (Å²) < 4.78 is 78.3. The molecule has 0 saturated carbocycles. The maximum Gasteiger partial charge on any atom is 0.426 e. The molecule has 0 saturated heterocycles. The monoisotopic (exact) mass is 318 g/mol. The fourth-order valence-corrected chi connectivity index (χ4v) is 2.99. The van der Waals surface area contributed by atoms with Crippen LogP contribution in [0.15, 0.2) is 16.8 Å². The average molecular weight is 318 g/mol. The van der Waals surface area contributed by atoms with Crippen LogP contribution < -0.4 is 5.84 Å². The predicted octanol–water partition coefficient (Wildman–Crippen LogP) is 3.15. The standard InChI is InChI=1S/C12H16F6N2O/c1-6-4-7(20-19)8(9(2,3)5-6)10(21,11(13,14)15)12(16,17)18/h4,8,21H,5,19H2,1-3H3/b20-7+. The van der Waals surface area contributed by atoms with Gasteiger partial charge in [0.05, 0.1) is 11.6 Å². The van der Waals surface area contributed by atoms with Crippen LogP contribution in [-0.4, -0.2) is 28.8 Å². The van der Waals surface area contributed by atoms with E-state index in [0.29, 0.717) is 5.57 Å². The minimum Gasteiger partial charge on any atom is -0.373 e.